The number of hydrogen-bond acceptors (Lipinski definition) is 4. The van der Waals surface area contributed by atoms with Gasteiger partial charge in [-0.3, -0.25) is 4.90 Å². The van der Waals surface area contributed by atoms with E-state index in [9.17, 15) is 0 Å². The molecule has 5 nitrogen and oxygen atoms in total. The summed E-state index contributed by atoms with van der Waals surface area (Å²) in [5.74, 6) is 0. The predicted octanol–water partition coefficient (Wildman–Crippen LogP) is 0.726. The topological polar surface area (TPSA) is 42.3 Å². The van der Waals surface area contributed by atoms with E-state index < -0.39 is 0 Å². The fourth-order valence-electron chi connectivity index (χ4n) is 3.08. The van der Waals surface area contributed by atoms with Crippen LogP contribution in [0.2, 0.25) is 0 Å². The zero-order valence-electron chi connectivity index (χ0n) is 11.5. The molecule has 2 saturated heterocycles. The standard InChI is InChI=1S/C14H24N4O/c1-3-13-11-19-14(10-18(13)7-1)9-15-4-2-6-17-8-5-16-12-17/h5,8,12-15H,1-4,6-7,9-11H2. The number of ether oxygens (including phenoxy) is 1. The van der Waals surface area contributed by atoms with Gasteiger partial charge in [0.2, 0.25) is 0 Å². The first-order chi connectivity index (χ1) is 9.42. The zero-order valence-corrected chi connectivity index (χ0v) is 11.5. The molecule has 0 aromatic carbocycles. The molecule has 1 N–H and O–H groups in total. The number of morpholine rings is 1. The van der Waals surface area contributed by atoms with Gasteiger partial charge in [0.15, 0.2) is 0 Å². The van der Waals surface area contributed by atoms with Crippen LogP contribution in [-0.4, -0.2) is 59.4 Å². The highest BCUT2D eigenvalue weighted by molar-refractivity contribution is 4.85. The molecule has 2 aliphatic rings. The molecule has 0 amide bonds. The molecule has 2 atom stereocenters. The van der Waals surface area contributed by atoms with E-state index in [2.05, 4.69) is 19.8 Å². The van der Waals surface area contributed by atoms with Crippen LogP contribution in [0.4, 0.5) is 0 Å². The Morgan fingerprint density at radius 3 is 3.32 bits per heavy atom. The Balaban J connectivity index is 1.28. The number of aryl methyl sites for hydroxylation is 1. The first kappa shape index (κ1) is 13.1. The van der Waals surface area contributed by atoms with Crippen molar-refractivity contribution in [2.75, 3.05) is 32.8 Å². The van der Waals surface area contributed by atoms with E-state index in [1.807, 2.05) is 18.7 Å². The molecule has 0 aliphatic carbocycles. The van der Waals surface area contributed by atoms with Crippen LogP contribution in [0.3, 0.4) is 0 Å². The van der Waals surface area contributed by atoms with E-state index in [1.165, 1.54) is 19.4 Å². The van der Waals surface area contributed by atoms with Crippen molar-refractivity contribution in [1.82, 2.24) is 19.8 Å². The Bertz CT molecular complexity index is 368. The molecule has 2 unspecified atom stereocenters. The maximum Gasteiger partial charge on any atom is 0.0945 e. The molecule has 3 heterocycles. The lowest BCUT2D eigenvalue weighted by molar-refractivity contribution is -0.0468. The van der Waals surface area contributed by atoms with Crippen molar-refractivity contribution in [3.8, 4) is 0 Å². The third-order valence-corrected chi connectivity index (χ3v) is 4.16. The van der Waals surface area contributed by atoms with Gasteiger partial charge in [-0.1, -0.05) is 0 Å². The van der Waals surface area contributed by atoms with E-state index in [0.29, 0.717) is 12.1 Å². The first-order valence-electron chi connectivity index (χ1n) is 7.44. The van der Waals surface area contributed by atoms with Crippen LogP contribution in [-0.2, 0) is 11.3 Å². The van der Waals surface area contributed by atoms with Crippen LogP contribution >= 0.6 is 0 Å². The fraction of sp³-hybridized carbons (Fsp3) is 0.786. The normalized spacial score (nSPS) is 27.6. The zero-order chi connectivity index (χ0) is 12.9. The van der Waals surface area contributed by atoms with Crippen LogP contribution in [0.15, 0.2) is 18.7 Å². The van der Waals surface area contributed by atoms with Gasteiger partial charge in [0.25, 0.3) is 0 Å². The molecule has 0 spiro atoms. The van der Waals surface area contributed by atoms with Crippen LogP contribution in [0.5, 0.6) is 0 Å². The third-order valence-electron chi connectivity index (χ3n) is 4.16. The Morgan fingerprint density at radius 2 is 2.42 bits per heavy atom. The Kier molecular flexibility index (Phi) is 4.48. The summed E-state index contributed by atoms with van der Waals surface area (Å²) in [5, 5.41) is 3.51. The molecule has 19 heavy (non-hydrogen) atoms. The quantitative estimate of drug-likeness (QED) is 0.769. The molecular weight excluding hydrogens is 240 g/mol. The van der Waals surface area contributed by atoms with Gasteiger partial charge in [-0.25, -0.2) is 4.98 Å². The number of nitrogens with zero attached hydrogens (tertiary/aromatic N) is 3. The molecular formula is C14H24N4O. The van der Waals surface area contributed by atoms with Crippen LogP contribution in [0.25, 0.3) is 0 Å². The number of nitrogens with one attached hydrogen (secondary N) is 1. The lowest BCUT2D eigenvalue weighted by atomic mass is 10.2. The summed E-state index contributed by atoms with van der Waals surface area (Å²) in [5.41, 5.74) is 0. The van der Waals surface area contributed by atoms with Gasteiger partial charge in [0.05, 0.1) is 19.0 Å². The molecule has 3 rings (SSSR count). The summed E-state index contributed by atoms with van der Waals surface area (Å²) in [6, 6.07) is 0.706. The Morgan fingerprint density at radius 1 is 1.42 bits per heavy atom. The van der Waals surface area contributed by atoms with Crippen molar-refractivity contribution in [2.24, 2.45) is 0 Å². The van der Waals surface area contributed by atoms with Gasteiger partial charge >= 0.3 is 0 Å². The molecule has 0 bridgehead atoms. The third kappa shape index (κ3) is 3.55. The van der Waals surface area contributed by atoms with E-state index in [4.69, 9.17) is 4.74 Å². The maximum absolute atomic E-state index is 5.92. The summed E-state index contributed by atoms with van der Waals surface area (Å²) in [6.07, 6.45) is 9.90. The second-order valence-electron chi connectivity index (χ2n) is 5.60. The summed E-state index contributed by atoms with van der Waals surface area (Å²) in [4.78, 5) is 6.64. The number of aromatic nitrogens is 2. The second-order valence-corrected chi connectivity index (χ2v) is 5.60. The second kappa shape index (κ2) is 6.50. The van der Waals surface area contributed by atoms with Crippen molar-refractivity contribution in [3.05, 3.63) is 18.7 Å². The molecule has 2 aliphatic heterocycles. The van der Waals surface area contributed by atoms with Crippen LogP contribution < -0.4 is 5.32 Å². The highest BCUT2D eigenvalue weighted by atomic mass is 16.5. The van der Waals surface area contributed by atoms with Gasteiger partial charge in [0, 0.05) is 38.1 Å². The van der Waals surface area contributed by atoms with Gasteiger partial charge in [-0.05, 0) is 32.4 Å². The van der Waals surface area contributed by atoms with Crippen molar-refractivity contribution in [1.29, 1.82) is 0 Å². The SMILES string of the molecule is c1cn(CCCNCC2CN3CCCC3CO2)cn1. The van der Waals surface area contributed by atoms with E-state index >= 15 is 0 Å². The fourth-order valence-corrected chi connectivity index (χ4v) is 3.08. The van der Waals surface area contributed by atoms with E-state index in [1.54, 1.807) is 0 Å². The monoisotopic (exact) mass is 264 g/mol. The maximum atomic E-state index is 5.92. The van der Waals surface area contributed by atoms with Gasteiger partial charge in [0.1, 0.15) is 0 Å². The average Bonchev–Trinajstić information content (AvgIpc) is 3.08. The molecule has 5 heteroatoms. The van der Waals surface area contributed by atoms with E-state index in [-0.39, 0.29) is 0 Å². The van der Waals surface area contributed by atoms with Crippen LogP contribution in [0.1, 0.15) is 19.3 Å². The Hall–Kier alpha value is -0.910. The summed E-state index contributed by atoms with van der Waals surface area (Å²) in [7, 11) is 0. The minimum Gasteiger partial charge on any atom is -0.374 e. The predicted molar refractivity (Wildman–Crippen MR) is 74.0 cm³/mol. The van der Waals surface area contributed by atoms with E-state index in [0.717, 1.165) is 39.2 Å². The smallest absolute Gasteiger partial charge is 0.0945 e. The molecule has 1 aromatic rings. The minimum absolute atomic E-state index is 0.377. The molecule has 0 radical (unpaired) electrons. The summed E-state index contributed by atoms with van der Waals surface area (Å²) < 4.78 is 8.04. The number of hydrogen-bond donors (Lipinski definition) is 1. The van der Waals surface area contributed by atoms with Crippen molar-refractivity contribution in [2.45, 2.75) is 38.0 Å². The van der Waals surface area contributed by atoms with Crippen molar-refractivity contribution >= 4 is 0 Å². The molecule has 2 fully saturated rings. The highest BCUT2D eigenvalue weighted by Crippen LogP contribution is 2.22. The minimum atomic E-state index is 0.377. The number of rotatable bonds is 6. The Labute approximate surface area is 114 Å². The number of fused-ring (bicyclic) bond motifs is 1. The highest BCUT2D eigenvalue weighted by Gasteiger charge is 2.31. The van der Waals surface area contributed by atoms with Gasteiger partial charge < -0.3 is 14.6 Å². The average molecular weight is 264 g/mol. The van der Waals surface area contributed by atoms with Crippen molar-refractivity contribution in [3.63, 3.8) is 0 Å². The molecule has 1 aromatic heterocycles. The van der Waals surface area contributed by atoms with Gasteiger partial charge in [-0.15, -0.1) is 0 Å². The summed E-state index contributed by atoms with van der Waals surface area (Å²) >= 11 is 0. The largest absolute Gasteiger partial charge is 0.374 e. The summed E-state index contributed by atoms with van der Waals surface area (Å²) in [6.45, 7) is 6.37. The lowest BCUT2D eigenvalue weighted by Gasteiger charge is -2.35. The molecule has 106 valence electrons. The first-order valence-corrected chi connectivity index (χ1v) is 7.44. The van der Waals surface area contributed by atoms with Gasteiger partial charge in [-0.2, -0.15) is 0 Å². The molecule has 0 saturated carbocycles. The number of imidazole rings is 1. The lowest BCUT2D eigenvalue weighted by Crippen LogP contribution is -2.49. The van der Waals surface area contributed by atoms with Crippen molar-refractivity contribution < 1.29 is 4.74 Å². The van der Waals surface area contributed by atoms with Crippen LogP contribution in [0, 0.1) is 0 Å².